The van der Waals surface area contributed by atoms with Crippen LogP contribution in [0, 0.1) is 12.7 Å². The van der Waals surface area contributed by atoms with Crippen LogP contribution in [0.5, 0.6) is 0 Å². The van der Waals surface area contributed by atoms with Gasteiger partial charge in [-0.25, -0.2) is 18.6 Å². The summed E-state index contributed by atoms with van der Waals surface area (Å²) in [5.74, 6) is 0.123. The highest BCUT2D eigenvalue weighted by atomic mass is 32.2. The highest BCUT2D eigenvalue weighted by Gasteiger charge is 2.16. The lowest BCUT2D eigenvalue weighted by molar-refractivity contribution is 0.628. The number of aromatic nitrogens is 2. The Labute approximate surface area is 186 Å². The second-order valence-electron chi connectivity index (χ2n) is 7.26. The first-order chi connectivity index (χ1) is 14.9. The maximum Gasteiger partial charge on any atom is 0.162 e. The minimum atomic E-state index is -2.64. The molecule has 1 atom stereocenters. The van der Waals surface area contributed by atoms with E-state index >= 15 is 0 Å². The lowest BCUT2D eigenvalue weighted by Gasteiger charge is -2.07. The summed E-state index contributed by atoms with van der Waals surface area (Å²) >= 11 is 1.59. The van der Waals surface area contributed by atoms with Crippen LogP contribution >= 0.6 is 11.3 Å². The van der Waals surface area contributed by atoms with Crippen LogP contribution in [0.1, 0.15) is 17.5 Å². The zero-order valence-electron chi connectivity index (χ0n) is 17.5. The first-order valence-electron chi connectivity index (χ1n) is 9.86. The number of aryl methyl sites for hydroxylation is 2. The van der Waals surface area contributed by atoms with Gasteiger partial charge in [0, 0.05) is 22.9 Å². The summed E-state index contributed by atoms with van der Waals surface area (Å²) in [6.07, 6.45) is 4.10. The van der Waals surface area contributed by atoms with Crippen LogP contribution in [0.4, 0.5) is 10.2 Å². The maximum atomic E-state index is 13.4. The van der Waals surface area contributed by atoms with E-state index in [2.05, 4.69) is 16.3 Å². The molecule has 2 aromatic heterocycles. The summed E-state index contributed by atoms with van der Waals surface area (Å²) < 4.78 is 31.2. The summed E-state index contributed by atoms with van der Waals surface area (Å²) in [6, 6.07) is 17.6. The van der Waals surface area contributed by atoms with Crippen molar-refractivity contribution in [2.24, 2.45) is 4.36 Å². The van der Waals surface area contributed by atoms with E-state index in [1.807, 2.05) is 43.3 Å². The van der Waals surface area contributed by atoms with Gasteiger partial charge < -0.3 is 0 Å². The van der Waals surface area contributed by atoms with Gasteiger partial charge in [-0.05, 0) is 73.0 Å². The van der Waals surface area contributed by atoms with E-state index in [1.54, 1.807) is 35.9 Å². The van der Waals surface area contributed by atoms with Gasteiger partial charge in [-0.3, -0.25) is 0 Å². The number of pyridine rings is 1. The second-order valence-corrected chi connectivity index (χ2v) is 10.6. The molecule has 0 bridgehead atoms. The van der Waals surface area contributed by atoms with Gasteiger partial charge in [0.25, 0.3) is 0 Å². The molecular formula is C24H22FN3OS2. The lowest BCUT2D eigenvalue weighted by atomic mass is 10.1. The van der Waals surface area contributed by atoms with Gasteiger partial charge in [0.15, 0.2) is 5.82 Å². The molecule has 2 heterocycles. The van der Waals surface area contributed by atoms with E-state index in [-0.39, 0.29) is 5.82 Å². The Kier molecular flexibility index (Phi) is 5.98. The van der Waals surface area contributed by atoms with Crippen LogP contribution in [0.25, 0.3) is 21.7 Å². The standard InChI is InChI=1S/C24H22FN3OS2/c1-4-22-27-23(17-8-10-19(25)11-9-17)24(30-22)18-12-13-26-21(15-18)28-31(3,29)20-7-5-6-16(2)14-20/h5-15H,4H2,1-3H3. The Morgan fingerprint density at radius 3 is 2.55 bits per heavy atom. The average Bonchev–Trinajstić information content (AvgIpc) is 3.19. The van der Waals surface area contributed by atoms with Crippen molar-refractivity contribution in [3.8, 4) is 21.7 Å². The van der Waals surface area contributed by atoms with Crippen LogP contribution in [-0.4, -0.2) is 20.4 Å². The van der Waals surface area contributed by atoms with Crippen LogP contribution in [0.15, 0.2) is 76.1 Å². The predicted octanol–water partition coefficient (Wildman–Crippen LogP) is 6.67. The first kappa shape index (κ1) is 21.3. The van der Waals surface area contributed by atoms with E-state index in [0.717, 1.165) is 38.7 Å². The fourth-order valence-corrected chi connectivity index (χ4v) is 5.53. The third-order valence-electron chi connectivity index (χ3n) is 4.79. The summed E-state index contributed by atoms with van der Waals surface area (Å²) in [5, 5.41) is 0.990. The molecule has 0 aliphatic rings. The molecule has 0 saturated heterocycles. The number of thiazole rings is 1. The fourth-order valence-electron chi connectivity index (χ4n) is 3.21. The zero-order valence-corrected chi connectivity index (χ0v) is 19.1. The van der Waals surface area contributed by atoms with Crippen molar-refractivity contribution in [1.82, 2.24) is 9.97 Å². The molecule has 0 spiro atoms. The Hall–Kier alpha value is -2.90. The molecule has 0 aliphatic carbocycles. The van der Waals surface area contributed by atoms with Crippen molar-refractivity contribution < 1.29 is 8.60 Å². The molecule has 31 heavy (non-hydrogen) atoms. The predicted molar refractivity (Wildman–Crippen MR) is 126 cm³/mol. The minimum Gasteiger partial charge on any atom is -0.245 e. The number of benzene rings is 2. The Bertz CT molecular complexity index is 1350. The van der Waals surface area contributed by atoms with Gasteiger partial charge in [-0.15, -0.1) is 11.3 Å². The molecule has 0 aliphatic heterocycles. The second kappa shape index (κ2) is 8.69. The number of halogens is 1. The molecule has 4 nitrogen and oxygen atoms in total. The summed E-state index contributed by atoms with van der Waals surface area (Å²) in [7, 11) is -2.64. The maximum absolute atomic E-state index is 13.4. The Morgan fingerprint density at radius 1 is 1.06 bits per heavy atom. The van der Waals surface area contributed by atoms with Crippen molar-refractivity contribution in [2.75, 3.05) is 6.26 Å². The van der Waals surface area contributed by atoms with Crippen molar-refractivity contribution in [3.05, 3.63) is 83.2 Å². The molecule has 158 valence electrons. The highest BCUT2D eigenvalue weighted by Crippen LogP contribution is 2.38. The van der Waals surface area contributed by atoms with Gasteiger partial charge in [0.2, 0.25) is 0 Å². The quantitative estimate of drug-likeness (QED) is 0.340. The number of rotatable bonds is 5. The van der Waals surface area contributed by atoms with Gasteiger partial charge in [0.05, 0.1) is 25.3 Å². The third-order valence-corrected chi connectivity index (χ3v) is 7.71. The Balaban J connectivity index is 1.80. The van der Waals surface area contributed by atoms with Crippen molar-refractivity contribution >= 4 is 26.9 Å². The van der Waals surface area contributed by atoms with Gasteiger partial charge in [-0.1, -0.05) is 19.1 Å². The minimum absolute atomic E-state index is 0.282. The summed E-state index contributed by atoms with van der Waals surface area (Å²) in [5.41, 5.74) is 3.58. The Morgan fingerprint density at radius 2 is 1.84 bits per heavy atom. The molecule has 4 aromatic rings. The molecule has 2 aromatic carbocycles. The first-order valence-corrected chi connectivity index (χ1v) is 12.6. The normalized spacial score (nSPS) is 13.0. The fraction of sp³-hybridized carbons (Fsp3) is 0.167. The van der Waals surface area contributed by atoms with Gasteiger partial charge >= 0.3 is 0 Å². The molecule has 0 N–H and O–H groups in total. The van der Waals surface area contributed by atoms with Crippen LogP contribution in [-0.2, 0) is 16.1 Å². The molecule has 0 fully saturated rings. The van der Waals surface area contributed by atoms with E-state index < -0.39 is 9.73 Å². The molecule has 0 radical (unpaired) electrons. The van der Waals surface area contributed by atoms with E-state index in [9.17, 15) is 8.60 Å². The largest absolute Gasteiger partial charge is 0.245 e. The monoisotopic (exact) mass is 451 g/mol. The topological polar surface area (TPSA) is 55.2 Å². The van der Waals surface area contributed by atoms with Crippen LogP contribution in [0.3, 0.4) is 0 Å². The van der Waals surface area contributed by atoms with Gasteiger partial charge in [0.1, 0.15) is 5.82 Å². The average molecular weight is 452 g/mol. The van der Waals surface area contributed by atoms with Crippen LogP contribution in [0.2, 0.25) is 0 Å². The molecule has 4 rings (SSSR count). The smallest absolute Gasteiger partial charge is 0.162 e. The molecule has 7 heteroatoms. The molecule has 1 unspecified atom stereocenters. The molecule has 0 amide bonds. The zero-order chi connectivity index (χ0) is 22.0. The summed E-state index contributed by atoms with van der Waals surface area (Å²) in [4.78, 5) is 10.7. The van der Waals surface area contributed by atoms with Crippen molar-refractivity contribution in [3.63, 3.8) is 0 Å². The molecular weight excluding hydrogens is 429 g/mol. The number of hydrogen-bond donors (Lipinski definition) is 0. The van der Waals surface area contributed by atoms with E-state index in [1.165, 1.54) is 12.1 Å². The third kappa shape index (κ3) is 4.73. The molecule has 0 saturated carbocycles. The van der Waals surface area contributed by atoms with Crippen molar-refractivity contribution in [1.29, 1.82) is 0 Å². The number of hydrogen-bond acceptors (Lipinski definition) is 5. The highest BCUT2D eigenvalue weighted by molar-refractivity contribution is 7.93. The van der Waals surface area contributed by atoms with E-state index in [4.69, 9.17) is 4.98 Å². The SMILES string of the molecule is CCc1nc(-c2ccc(F)cc2)c(-c2ccnc(N=S(C)(=O)c3cccc(C)c3)c2)s1. The lowest BCUT2D eigenvalue weighted by Crippen LogP contribution is -1.97. The van der Waals surface area contributed by atoms with Crippen molar-refractivity contribution in [2.45, 2.75) is 25.2 Å². The van der Waals surface area contributed by atoms with E-state index in [0.29, 0.717) is 10.7 Å². The van der Waals surface area contributed by atoms with Gasteiger partial charge in [-0.2, -0.15) is 4.36 Å². The summed E-state index contributed by atoms with van der Waals surface area (Å²) in [6.45, 7) is 4.02. The van der Waals surface area contributed by atoms with Crippen LogP contribution < -0.4 is 0 Å². The number of nitrogens with zero attached hydrogens (tertiary/aromatic N) is 3.